The average molecular weight is 414 g/mol. The molecule has 3 nitrogen and oxygen atoms in total. The number of nitrogens with zero attached hydrogens (tertiary/aromatic N) is 1. The van der Waals surface area contributed by atoms with Crippen LogP contribution in [0, 0.1) is 5.82 Å². The number of carbonyl (C=O) groups excluding carboxylic acids is 2. The molecular formula is C21H17BrFNO2. The molecule has 4 rings (SSSR count). The van der Waals surface area contributed by atoms with Crippen molar-refractivity contribution in [2.24, 2.45) is 0 Å². The van der Waals surface area contributed by atoms with Gasteiger partial charge in [-0.05, 0) is 48.7 Å². The smallest absolute Gasteiger partial charge is 0.232 e. The first-order valence-electron chi connectivity index (χ1n) is 8.65. The maximum Gasteiger partial charge on any atom is 0.232 e. The number of halogens is 2. The standard InChI is InChI=1S/C21H17BrFNO2/c22-13-8-10-14(11-9-13)24-18-6-3-7-19(25)21(18)16(12-20(24)26)15-4-1-2-5-17(15)23/h1-2,4-5,8-11,16H,3,6-7,12H2. The molecule has 1 heterocycles. The Morgan fingerprint density at radius 1 is 1.00 bits per heavy atom. The maximum atomic E-state index is 14.4. The largest absolute Gasteiger partial charge is 0.294 e. The SMILES string of the molecule is O=C1CCCC2=C1C(c1ccccc1F)CC(=O)N2c1ccc(Br)cc1. The van der Waals surface area contributed by atoms with Crippen molar-refractivity contribution in [2.75, 3.05) is 4.90 Å². The molecule has 2 aromatic rings. The van der Waals surface area contributed by atoms with E-state index in [-0.39, 0.29) is 23.9 Å². The van der Waals surface area contributed by atoms with E-state index in [1.807, 2.05) is 24.3 Å². The third-order valence-electron chi connectivity index (χ3n) is 5.04. The first kappa shape index (κ1) is 17.2. The highest BCUT2D eigenvalue weighted by Crippen LogP contribution is 2.43. The molecule has 1 aliphatic heterocycles. The summed E-state index contributed by atoms with van der Waals surface area (Å²) in [6, 6.07) is 13.9. The Morgan fingerprint density at radius 2 is 1.73 bits per heavy atom. The Hall–Kier alpha value is -2.27. The molecule has 1 atom stereocenters. The quantitative estimate of drug-likeness (QED) is 0.685. The van der Waals surface area contributed by atoms with Gasteiger partial charge in [0.2, 0.25) is 5.91 Å². The van der Waals surface area contributed by atoms with Gasteiger partial charge in [0.25, 0.3) is 0 Å². The van der Waals surface area contributed by atoms with E-state index >= 15 is 0 Å². The first-order valence-corrected chi connectivity index (χ1v) is 9.45. The Balaban J connectivity index is 1.87. The van der Waals surface area contributed by atoms with Gasteiger partial charge in [-0.1, -0.05) is 34.1 Å². The van der Waals surface area contributed by atoms with Crippen LogP contribution in [0.25, 0.3) is 0 Å². The fourth-order valence-corrected chi connectivity index (χ4v) is 4.17. The number of amides is 1. The van der Waals surface area contributed by atoms with Gasteiger partial charge in [0, 0.05) is 40.2 Å². The van der Waals surface area contributed by atoms with Crippen LogP contribution in [0.4, 0.5) is 10.1 Å². The summed E-state index contributed by atoms with van der Waals surface area (Å²) in [5.74, 6) is -0.950. The molecule has 0 saturated carbocycles. The van der Waals surface area contributed by atoms with Crippen molar-refractivity contribution in [3.63, 3.8) is 0 Å². The predicted octanol–water partition coefficient (Wildman–Crippen LogP) is 5.12. The monoisotopic (exact) mass is 413 g/mol. The van der Waals surface area contributed by atoms with Crippen molar-refractivity contribution in [3.05, 3.63) is 75.7 Å². The normalized spacial score (nSPS) is 20.4. The fourth-order valence-electron chi connectivity index (χ4n) is 3.91. The number of anilines is 1. The third-order valence-corrected chi connectivity index (χ3v) is 5.57. The van der Waals surface area contributed by atoms with Crippen LogP contribution in [0.1, 0.15) is 37.2 Å². The van der Waals surface area contributed by atoms with Crippen LogP contribution in [-0.4, -0.2) is 11.7 Å². The van der Waals surface area contributed by atoms with Gasteiger partial charge >= 0.3 is 0 Å². The van der Waals surface area contributed by atoms with Crippen LogP contribution in [0.15, 0.2) is 64.3 Å². The van der Waals surface area contributed by atoms with E-state index in [0.29, 0.717) is 30.4 Å². The molecule has 0 aromatic heterocycles. The Labute approximate surface area is 159 Å². The van der Waals surface area contributed by atoms with Gasteiger partial charge in [-0.25, -0.2) is 4.39 Å². The molecule has 0 fully saturated rings. The molecule has 0 saturated heterocycles. The molecule has 26 heavy (non-hydrogen) atoms. The van der Waals surface area contributed by atoms with E-state index in [4.69, 9.17) is 0 Å². The zero-order chi connectivity index (χ0) is 18.3. The zero-order valence-corrected chi connectivity index (χ0v) is 15.6. The maximum absolute atomic E-state index is 14.4. The number of carbonyl (C=O) groups is 2. The van der Waals surface area contributed by atoms with Crippen molar-refractivity contribution in [2.45, 2.75) is 31.6 Å². The molecule has 1 unspecified atom stereocenters. The summed E-state index contributed by atoms with van der Waals surface area (Å²) in [6.45, 7) is 0. The van der Waals surface area contributed by atoms with Gasteiger partial charge < -0.3 is 0 Å². The minimum atomic E-state index is -0.502. The summed E-state index contributed by atoms with van der Waals surface area (Å²) in [7, 11) is 0. The lowest BCUT2D eigenvalue weighted by Gasteiger charge is -2.38. The number of hydrogen-bond donors (Lipinski definition) is 0. The molecule has 0 N–H and O–H groups in total. The van der Waals surface area contributed by atoms with Crippen LogP contribution < -0.4 is 4.90 Å². The highest BCUT2D eigenvalue weighted by Gasteiger charge is 2.40. The Bertz CT molecular complexity index is 920. The van der Waals surface area contributed by atoms with E-state index in [1.54, 1.807) is 23.1 Å². The van der Waals surface area contributed by atoms with Gasteiger partial charge in [-0.15, -0.1) is 0 Å². The second kappa shape index (κ2) is 6.80. The molecule has 0 radical (unpaired) electrons. The van der Waals surface area contributed by atoms with Crippen LogP contribution in [0.3, 0.4) is 0 Å². The van der Waals surface area contributed by atoms with Crippen molar-refractivity contribution < 1.29 is 14.0 Å². The number of allylic oxidation sites excluding steroid dienone is 2. The number of rotatable bonds is 2. The molecule has 0 bridgehead atoms. The number of hydrogen-bond acceptors (Lipinski definition) is 2. The molecule has 1 aliphatic carbocycles. The van der Waals surface area contributed by atoms with Gasteiger partial charge in [0.1, 0.15) is 5.82 Å². The molecule has 0 spiro atoms. The summed E-state index contributed by atoms with van der Waals surface area (Å²) in [6.07, 6.45) is 1.91. The van der Waals surface area contributed by atoms with Crippen molar-refractivity contribution in [1.82, 2.24) is 0 Å². The van der Waals surface area contributed by atoms with Crippen molar-refractivity contribution >= 4 is 33.3 Å². The van der Waals surface area contributed by atoms with E-state index in [9.17, 15) is 14.0 Å². The second-order valence-electron chi connectivity index (χ2n) is 6.62. The van der Waals surface area contributed by atoms with Crippen LogP contribution in [0.2, 0.25) is 0 Å². The lowest BCUT2D eigenvalue weighted by atomic mass is 9.77. The van der Waals surface area contributed by atoms with E-state index < -0.39 is 5.92 Å². The molecular weight excluding hydrogens is 397 g/mol. The van der Waals surface area contributed by atoms with Gasteiger partial charge in [-0.3, -0.25) is 14.5 Å². The highest BCUT2D eigenvalue weighted by molar-refractivity contribution is 9.10. The predicted molar refractivity (Wildman–Crippen MR) is 101 cm³/mol. The molecule has 2 aromatic carbocycles. The van der Waals surface area contributed by atoms with Crippen molar-refractivity contribution in [1.29, 1.82) is 0 Å². The van der Waals surface area contributed by atoms with E-state index in [0.717, 1.165) is 15.9 Å². The van der Waals surface area contributed by atoms with E-state index in [2.05, 4.69) is 15.9 Å². The topological polar surface area (TPSA) is 37.4 Å². The first-order chi connectivity index (χ1) is 12.6. The fraction of sp³-hybridized carbons (Fsp3) is 0.238. The average Bonchev–Trinajstić information content (AvgIpc) is 2.63. The molecule has 1 amide bonds. The zero-order valence-electron chi connectivity index (χ0n) is 14.0. The summed E-state index contributed by atoms with van der Waals surface area (Å²) in [5, 5.41) is 0. The number of benzene rings is 2. The van der Waals surface area contributed by atoms with E-state index in [1.165, 1.54) is 6.07 Å². The summed E-state index contributed by atoms with van der Waals surface area (Å²) in [5.41, 5.74) is 2.50. The number of ketones is 1. The van der Waals surface area contributed by atoms with Crippen LogP contribution in [-0.2, 0) is 9.59 Å². The number of Topliss-reactive ketones (excluding diaryl/α,β-unsaturated/α-hetero) is 1. The molecule has 2 aliphatic rings. The lowest BCUT2D eigenvalue weighted by molar-refractivity contribution is -0.119. The Kier molecular flexibility index (Phi) is 4.49. The van der Waals surface area contributed by atoms with Gasteiger partial charge in [-0.2, -0.15) is 0 Å². The summed E-state index contributed by atoms with van der Waals surface area (Å²) >= 11 is 3.40. The summed E-state index contributed by atoms with van der Waals surface area (Å²) < 4.78 is 15.3. The Morgan fingerprint density at radius 3 is 2.46 bits per heavy atom. The summed E-state index contributed by atoms with van der Waals surface area (Å²) in [4.78, 5) is 27.4. The van der Waals surface area contributed by atoms with Crippen LogP contribution in [0.5, 0.6) is 0 Å². The minimum absolute atomic E-state index is 0.0223. The molecule has 132 valence electrons. The van der Waals surface area contributed by atoms with Crippen molar-refractivity contribution in [3.8, 4) is 0 Å². The lowest BCUT2D eigenvalue weighted by Crippen LogP contribution is -2.40. The minimum Gasteiger partial charge on any atom is -0.294 e. The second-order valence-corrected chi connectivity index (χ2v) is 7.54. The molecule has 5 heteroatoms. The van der Waals surface area contributed by atoms with Gasteiger partial charge in [0.15, 0.2) is 5.78 Å². The van der Waals surface area contributed by atoms with Gasteiger partial charge in [0.05, 0.1) is 0 Å². The third kappa shape index (κ3) is 2.90. The highest BCUT2D eigenvalue weighted by atomic mass is 79.9. The van der Waals surface area contributed by atoms with Crippen LogP contribution >= 0.6 is 15.9 Å².